The van der Waals surface area contributed by atoms with Crippen LogP contribution >= 0.6 is 0 Å². The van der Waals surface area contributed by atoms with Gasteiger partial charge in [-0.25, -0.2) is 0 Å². The maximum Gasteiger partial charge on any atom is 0.136 e. The maximum absolute atomic E-state index is 5.36. The van der Waals surface area contributed by atoms with Gasteiger partial charge in [0, 0.05) is 25.7 Å². The van der Waals surface area contributed by atoms with Crippen molar-refractivity contribution < 1.29 is 4.74 Å². The van der Waals surface area contributed by atoms with E-state index in [4.69, 9.17) is 4.74 Å². The fraction of sp³-hybridized carbons (Fsp3) is 0.818. The molecule has 1 saturated heterocycles. The van der Waals surface area contributed by atoms with Crippen molar-refractivity contribution in [2.45, 2.75) is 39.2 Å². The van der Waals surface area contributed by atoms with Gasteiger partial charge in [-0.1, -0.05) is 13.8 Å². The number of rotatable bonds is 3. The van der Waals surface area contributed by atoms with Gasteiger partial charge >= 0.3 is 0 Å². The van der Waals surface area contributed by atoms with E-state index < -0.39 is 0 Å². The number of hydrogen-bond acceptors (Lipinski definition) is 3. The van der Waals surface area contributed by atoms with Gasteiger partial charge in [0.05, 0.1) is 0 Å². The van der Waals surface area contributed by atoms with Gasteiger partial charge in [-0.2, -0.15) is 0 Å². The van der Waals surface area contributed by atoms with E-state index in [1.54, 1.807) is 0 Å². The first-order valence-electron chi connectivity index (χ1n) is 5.73. The average molecular weight is 209 g/mol. The first-order chi connectivity index (χ1) is 7.27. The molecule has 0 radical (unpaired) electrons. The summed E-state index contributed by atoms with van der Waals surface area (Å²) in [5.41, 5.74) is 0. The maximum atomic E-state index is 5.36. The summed E-state index contributed by atoms with van der Waals surface area (Å²) in [6, 6.07) is 0. The molecule has 0 bridgehead atoms. The molecule has 4 heteroatoms. The van der Waals surface area contributed by atoms with Crippen molar-refractivity contribution in [1.82, 2.24) is 14.8 Å². The molecule has 1 fully saturated rings. The van der Waals surface area contributed by atoms with Crippen molar-refractivity contribution in [3.05, 3.63) is 12.2 Å². The summed E-state index contributed by atoms with van der Waals surface area (Å²) in [5, 5.41) is 8.27. The predicted molar refractivity (Wildman–Crippen MR) is 57.7 cm³/mol. The molecule has 0 saturated carbocycles. The van der Waals surface area contributed by atoms with Crippen LogP contribution in [-0.2, 0) is 11.3 Å². The molecule has 1 aliphatic heterocycles. The molecule has 0 unspecified atom stereocenters. The van der Waals surface area contributed by atoms with Gasteiger partial charge in [0.25, 0.3) is 0 Å². The summed E-state index contributed by atoms with van der Waals surface area (Å²) in [6.07, 6.45) is 4.01. The van der Waals surface area contributed by atoms with Crippen molar-refractivity contribution in [3.63, 3.8) is 0 Å². The fourth-order valence-corrected chi connectivity index (χ4v) is 2.07. The Morgan fingerprint density at radius 1 is 1.47 bits per heavy atom. The fourth-order valence-electron chi connectivity index (χ4n) is 2.07. The highest BCUT2D eigenvalue weighted by Crippen LogP contribution is 2.25. The Morgan fingerprint density at radius 3 is 2.87 bits per heavy atom. The highest BCUT2D eigenvalue weighted by atomic mass is 16.5. The topological polar surface area (TPSA) is 39.9 Å². The summed E-state index contributed by atoms with van der Waals surface area (Å²) < 4.78 is 7.56. The Bertz CT molecular complexity index is 303. The number of ether oxygens (including phenoxy) is 1. The highest BCUT2D eigenvalue weighted by Gasteiger charge is 2.21. The van der Waals surface area contributed by atoms with Gasteiger partial charge < -0.3 is 9.30 Å². The summed E-state index contributed by atoms with van der Waals surface area (Å²) >= 11 is 0. The second-order valence-electron chi connectivity index (χ2n) is 4.62. The lowest BCUT2D eigenvalue weighted by Crippen LogP contribution is -2.19. The lowest BCUT2D eigenvalue weighted by atomic mass is 9.99. The third-order valence-corrected chi connectivity index (χ3v) is 2.79. The van der Waals surface area contributed by atoms with Gasteiger partial charge in [-0.05, 0) is 18.8 Å². The lowest BCUT2D eigenvalue weighted by Gasteiger charge is -2.22. The summed E-state index contributed by atoms with van der Waals surface area (Å²) in [6.45, 7) is 7.17. The van der Waals surface area contributed by atoms with E-state index in [-0.39, 0.29) is 0 Å². The molecule has 0 aromatic carbocycles. The molecule has 1 aliphatic rings. The molecule has 1 aromatic rings. The first kappa shape index (κ1) is 10.6. The SMILES string of the molecule is CC(C)Cn1cnnc1C1CCOCC1. The zero-order valence-electron chi connectivity index (χ0n) is 9.52. The summed E-state index contributed by atoms with van der Waals surface area (Å²) in [5.74, 6) is 2.33. The smallest absolute Gasteiger partial charge is 0.136 e. The Kier molecular flexibility index (Phi) is 3.36. The van der Waals surface area contributed by atoms with E-state index in [9.17, 15) is 0 Å². The molecule has 4 nitrogen and oxygen atoms in total. The zero-order valence-corrected chi connectivity index (χ0v) is 9.52. The van der Waals surface area contributed by atoms with Crippen LogP contribution in [0, 0.1) is 5.92 Å². The van der Waals surface area contributed by atoms with E-state index in [2.05, 4.69) is 28.6 Å². The Morgan fingerprint density at radius 2 is 2.20 bits per heavy atom. The van der Waals surface area contributed by atoms with Gasteiger partial charge in [-0.3, -0.25) is 0 Å². The van der Waals surface area contributed by atoms with Gasteiger partial charge in [0.1, 0.15) is 12.2 Å². The molecule has 0 atom stereocenters. The second kappa shape index (κ2) is 4.75. The minimum atomic E-state index is 0.542. The Hall–Kier alpha value is -0.900. The van der Waals surface area contributed by atoms with Crippen LogP contribution in [0.3, 0.4) is 0 Å². The normalized spacial score (nSPS) is 18.6. The van der Waals surface area contributed by atoms with E-state index in [0.717, 1.165) is 38.4 Å². The van der Waals surface area contributed by atoms with Crippen LogP contribution < -0.4 is 0 Å². The number of aromatic nitrogens is 3. The molecule has 1 aromatic heterocycles. The third-order valence-electron chi connectivity index (χ3n) is 2.79. The van der Waals surface area contributed by atoms with E-state index in [1.807, 2.05) is 6.33 Å². The van der Waals surface area contributed by atoms with Crippen LogP contribution in [0.2, 0.25) is 0 Å². The van der Waals surface area contributed by atoms with Crippen molar-refractivity contribution in [2.24, 2.45) is 5.92 Å². The molecule has 84 valence electrons. The average Bonchev–Trinajstić information content (AvgIpc) is 2.66. The molecule has 2 heterocycles. The van der Waals surface area contributed by atoms with Crippen LogP contribution in [-0.4, -0.2) is 28.0 Å². The number of hydrogen-bond donors (Lipinski definition) is 0. The molecule has 0 spiro atoms. The van der Waals surface area contributed by atoms with Crippen LogP contribution in [0.4, 0.5) is 0 Å². The van der Waals surface area contributed by atoms with E-state index in [1.165, 1.54) is 0 Å². The lowest BCUT2D eigenvalue weighted by molar-refractivity contribution is 0.0826. The van der Waals surface area contributed by atoms with E-state index >= 15 is 0 Å². The van der Waals surface area contributed by atoms with Crippen molar-refractivity contribution in [2.75, 3.05) is 13.2 Å². The van der Waals surface area contributed by atoms with Gasteiger partial charge in [0.15, 0.2) is 0 Å². The molecular formula is C11H19N3O. The van der Waals surface area contributed by atoms with Crippen LogP contribution in [0.25, 0.3) is 0 Å². The third kappa shape index (κ3) is 2.56. The Labute approximate surface area is 90.7 Å². The Balaban J connectivity index is 2.09. The molecule has 2 rings (SSSR count). The zero-order chi connectivity index (χ0) is 10.7. The molecule has 0 amide bonds. The van der Waals surface area contributed by atoms with Crippen molar-refractivity contribution in [3.8, 4) is 0 Å². The van der Waals surface area contributed by atoms with Gasteiger partial charge in [-0.15, -0.1) is 10.2 Å². The minimum absolute atomic E-state index is 0.542. The standard InChI is InChI=1S/C11H19N3O/c1-9(2)7-14-8-12-13-11(14)10-3-5-15-6-4-10/h8-10H,3-7H2,1-2H3. The minimum Gasteiger partial charge on any atom is -0.381 e. The number of nitrogens with zero attached hydrogens (tertiary/aromatic N) is 3. The molecule has 0 N–H and O–H groups in total. The molecule has 0 aliphatic carbocycles. The largest absolute Gasteiger partial charge is 0.381 e. The quantitative estimate of drug-likeness (QED) is 0.762. The summed E-state index contributed by atoms with van der Waals surface area (Å²) in [4.78, 5) is 0. The highest BCUT2D eigenvalue weighted by molar-refractivity contribution is 4.97. The molecule has 15 heavy (non-hydrogen) atoms. The summed E-state index contributed by atoms with van der Waals surface area (Å²) in [7, 11) is 0. The van der Waals surface area contributed by atoms with Crippen LogP contribution in [0.5, 0.6) is 0 Å². The monoisotopic (exact) mass is 209 g/mol. The van der Waals surface area contributed by atoms with Crippen molar-refractivity contribution in [1.29, 1.82) is 0 Å². The first-order valence-corrected chi connectivity index (χ1v) is 5.73. The van der Waals surface area contributed by atoms with Crippen LogP contribution in [0.15, 0.2) is 6.33 Å². The van der Waals surface area contributed by atoms with Gasteiger partial charge in [0.2, 0.25) is 0 Å². The van der Waals surface area contributed by atoms with Crippen molar-refractivity contribution >= 4 is 0 Å². The van der Waals surface area contributed by atoms with E-state index in [0.29, 0.717) is 11.8 Å². The molecular weight excluding hydrogens is 190 g/mol. The van der Waals surface area contributed by atoms with Crippen LogP contribution in [0.1, 0.15) is 38.4 Å². The predicted octanol–water partition coefficient (Wildman–Crippen LogP) is 1.83. The second-order valence-corrected chi connectivity index (χ2v) is 4.62.